The molecule has 0 spiro atoms. The molecule has 0 aromatic heterocycles. The first kappa shape index (κ1) is 72.8. The van der Waals surface area contributed by atoms with E-state index in [-0.39, 0.29) is 77.8 Å². The molecule has 2 fully saturated rings. The summed E-state index contributed by atoms with van der Waals surface area (Å²) in [5.41, 5.74) is -0.508. The first-order valence-corrected chi connectivity index (χ1v) is 29.4. The summed E-state index contributed by atoms with van der Waals surface area (Å²) < 4.78 is 94.5. The smallest absolute Gasteiger partial charge is 0.444 e. The number of halogens is 6. The highest BCUT2D eigenvalue weighted by Crippen LogP contribution is 2.27. The van der Waals surface area contributed by atoms with Crippen LogP contribution in [0.15, 0.2) is 60.7 Å². The zero-order valence-electron chi connectivity index (χ0n) is 51.8. The Hall–Kier alpha value is -7.68. The minimum Gasteiger partial charge on any atom is -0.444 e. The van der Waals surface area contributed by atoms with Crippen LogP contribution in [-0.4, -0.2) is 215 Å². The summed E-state index contributed by atoms with van der Waals surface area (Å²) in [6, 6.07) is 9.91. The molecule has 0 radical (unpaired) electrons. The number of alkyl halides is 6. The van der Waals surface area contributed by atoms with E-state index >= 15 is 0 Å². The van der Waals surface area contributed by atoms with Gasteiger partial charge in [-0.2, -0.15) is 26.3 Å². The number of hydrogen-bond donors (Lipinski definition) is 4. The van der Waals surface area contributed by atoms with Crippen molar-refractivity contribution < 1.29 is 83.8 Å². The van der Waals surface area contributed by atoms with Crippen molar-refractivity contribution in [3.8, 4) is 0 Å². The van der Waals surface area contributed by atoms with Crippen molar-refractivity contribution in [2.75, 3.05) is 66.5 Å². The average Bonchev–Trinajstić information content (AvgIpc) is 2.17. The highest BCUT2D eigenvalue weighted by molar-refractivity contribution is 5.93. The van der Waals surface area contributed by atoms with Crippen molar-refractivity contribution in [1.82, 2.24) is 50.7 Å². The van der Waals surface area contributed by atoms with Gasteiger partial charge in [0.05, 0.1) is 0 Å². The Morgan fingerprint density at radius 2 is 0.875 bits per heavy atom. The zero-order valence-corrected chi connectivity index (χ0v) is 51.8. The molecule has 2 aromatic rings. The molecule has 4 rings (SSSR count). The quantitative estimate of drug-likeness (QED) is 0.0638. The fraction of sp³-hybridized carbons (Fsp3) is 0.633. The minimum atomic E-state index is -5.22. The third-order valence-corrected chi connectivity index (χ3v) is 14.9. The van der Waals surface area contributed by atoms with E-state index in [1.54, 1.807) is 102 Å². The fourth-order valence-electron chi connectivity index (χ4n) is 9.83. The lowest BCUT2D eigenvalue weighted by Gasteiger charge is -2.34. The minimum absolute atomic E-state index is 0.0499. The number of likely N-dealkylation sites (N-methyl/N-ethyl adjacent to an activating group) is 2. The second kappa shape index (κ2) is 32.5. The maximum atomic E-state index is 14.5. The van der Waals surface area contributed by atoms with Crippen LogP contribution in [0.3, 0.4) is 0 Å². The summed E-state index contributed by atoms with van der Waals surface area (Å²) in [6.07, 6.45) is -12.4. The van der Waals surface area contributed by atoms with Crippen LogP contribution in [-0.2, 0) is 60.7 Å². The number of likely N-dealkylation sites (tertiary alicyclic amines) is 2. The molecule has 490 valence electrons. The number of benzene rings is 2. The number of hydrogen-bond acceptors (Lipinski definition) is 12. The molecule has 0 aliphatic carbocycles. The van der Waals surface area contributed by atoms with Gasteiger partial charge in [0.25, 0.3) is 0 Å². The second-order valence-electron chi connectivity index (χ2n) is 24.1. The summed E-state index contributed by atoms with van der Waals surface area (Å²) in [4.78, 5) is 140. The standard InChI is InChI=1S/C60H86F6N10O12/c1-39(71(9)55(85)87-57(3,4)5)49(79)69-45(51(81)75-33-17-23-43(75)37-73(53(83)59(61,62)63)35-29-41-19-13-11-14-20-41)25-27-47(77)67-31-32-68-48(78)28-26-46(70-50(80)40(2)72(10)56(86)88-58(6,7)8)52(82)76-34-18-24-44(76)38-74(54(84)60(64,65)66)36-30-42-21-15-12-16-22-42/h11-16,19-22,39-40,43-46H,17-18,23-38H2,1-10H3,(H,67,77)(H,68,78)(H,69,79)(H,70,80)/t39-,40-,43-,44-,45-,46-/m0/s1. The SMILES string of the molecule is C[C@@H](C(=O)N[C@@H](CCC(=O)NCCNC(=O)CC[C@H](NC(=O)[C@H](C)N(C)C(=O)OC(C)(C)C)C(=O)N1CCC[C@H]1CN(CCc1ccccc1)C(=O)C(F)(F)F)C(=O)N1CCC[C@H]1CN(CCc1ccccc1)C(=O)C(F)(F)F)N(C)C(=O)OC(C)(C)C. The van der Waals surface area contributed by atoms with Crippen LogP contribution in [0.1, 0.15) is 118 Å². The van der Waals surface area contributed by atoms with Gasteiger partial charge in [-0.25, -0.2) is 9.59 Å². The molecular formula is C60H86F6N10O12. The van der Waals surface area contributed by atoms with Gasteiger partial charge in [0.2, 0.25) is 35.4 Å². The van der Waals surface area contributed by atoms with Crippen molar-refractivity contribution >= 4 is 59.4 Å². The third kappa shape index (κ3) is 23.4. The Kier molecular flexibility index (Phi) is 26.9. The summed E-state index contributed by atoms with van der Waals surface area (Å²) in [6.45, 7) is 10.6. The molecule has 4 N–H and O–H groups in total. The molecule has 0 unspecified atom stereocenters. The Bertz CT molecular complexity index is 2530. The number of rotatable bonds is 27. The van der Waals surface area contributed by atoms with Crippen LogP contribution in [0.25, 0.3) is 0 Å². The van der Waals surface area contributed by atoms with E-state index in [1.165, 1.54) is 37.7 Å². The molecule has 88 heavy (non-hydrogen) atoms. The normalized spacial score (nSPS) is 16.7. The number of carbonyl (C=O) groups is 10. The number of amides is 10. The van der Waals surface area contributed by atoms with E-state index in [0.717, 1.165) is 9.80 Å². The highest BCUT2D eigenvalue weighted by atomic mass is 19.4. The van der Waals surface area contributed by atoms with Crippen molar-refractivity contribution in [2.24, 2.45) is 0 Å². The highest BCUT2D eigenvalue weighted by Gasteiger charge is 2.46. The van der Waals surface area contributed by atoms with Gasteiger partial charge in [0.1, 0.15) is 35.4 Å². The van der Waals surface area contributed by atoms with Crippen LogP contribution in [0.2, 0.25) is 0 Å². The molecule has 0 bridgehead atoms. The zero-order chi connectivity index (χ0) is 65.9. The molecule has 22 nitrogen and oxygen atoms in total. The Labute approximate surface area is 510 Å². The van der Waals surface area contributed by atoms with E-state index in [1.807, 2.05) is 0 Å². The van der Waals surface area contributed by atoms with E-state index in [2.05, 4.69) is 21.3 Å². The summed E-state index contributed by atoms with van der Waals surface area (Å²) >= 11 is 0. The molecule has 2 heterocycles. The van der Waals surface area contributed by atoms with Crippen molar-refractivity contribution in [3.63, 3.8) is 0 Å². The van der Waals surface area contributed by atoms with Crippen molar-refractivity contribution in [3.05, 3.63) is 71.8 Å². The van der Waals surface area contributed by atoms with Gasteiger partial charge in [-0.1, -0.05) is 60.7 Å². The predicted octanol–water partition coefficient (Wildman–Crippen LogP) is 5.51. The molecule has 0 saturated carbocycles. The van der Waals surface area contributed by atoms with Gasteiger partial charge in [0, 0.05) is 91.4 Å². The molecule has 2 saturated heterocycles. The average molecular weight is 1250 g/mol. The van der Waals surface area contributed by atoms with Gasteiger partial charge in [-0.05, 0) is 118 Å². The molecule has 10 amide bonds. The van der Waals surface area contributed by atoms with Crippen LogP contribution in [0.5, 0.6) is 0 Å². The van der Waals surface area contributed by atoms with Gasteiger partial charge in [0.15, 0.2) is 0 Å². The van der Waals surface area contributed by atoms with Gasteiger partial charge in [-0.3, -0.25) is 48.2 Å². The van der Waals surface area contributed by atoms with Crippen LogP contribution >= 0.6 is 0 Å². The van der Waals surface area contributed by atoms with E-state index in [4.69, 9.17) is 9.47 Å². The van der Waals surface area contributed by atoms with Gasteiger partial charge < -0.3 is 50.3 Å². The number of nitrogens with one attached hydrogen (secondary N) is 4. The molecule has 2 aliphatic heterocycles. The van der Waals surface area contributed by atoms with E-state index in [0.29, 0.717) is 33.8 Å². The maximum absolute atomic E-state index is 14.5. The molecule has 2 aliphatic rings. The lowest BCUT2D eigenvalue weighted by atomic mass is 10.1. The van der Waals surface area contributed by atoms with Crippen LogP contribution in [0.4, 0.5) is 35.9 Å². The lowest BCUT2D eigenvalue weighted by Crippen LogP contribution is -2.56. The fourth-order valence-corrected chi connectivity index (χ4v) is 9.83. The topological polar surface area (TPSA) is 257 Å². The summed E-state index contributed by atoms with van der Waals surface area (Å²) in [5, 5.41) is 10.4. The molecule has 6 atom stereocenters. The molecule has 28 heteroatoms. The molecule has 2 aromatic carbocycles. The van der Waals surface area contributed by atoms with Crippen LogP contribution < -0.4 is 21.3 Å². The van der Waals surface area contributed by atoms with E-state index < -0.39 is 145 Å². The molecular weight excluding hydrogens is 1170 g/mol. The summed E-state index contributed by atoms with van der Waals surface area (Å²) in [5.74, 6) is -8.64. The number of nitrogens with zero attached hydrogens (tertiary/aromatic N) is 6. The van der Waals surface area contributed by atoms with Crippen LogP contribution in [0, 0.1) is 0 Å². The Morgan fingerprint density at radius 1 is 0.545 bits per heavy atom. The summed E-state index contributed by atoms with van der Waals surface area (Å²) in [7, 11) is 2.60. The van der Waals surface area contributed by atoms with Gasteiger partial charge in [-0.15, -0.1) is 0 Å². The van der Waals surface area contributed by atoms with Crippen molar-refractivity contribution in [2.45, 2.75) is 179 Å². The van der Waals surface area contributed by atoms with E-state index in [9.17, 15) is 74.3 Å². The second-order valence-corrected chi connectivity index (χ2v) is 24.1. The maximum Gasteiger partial charge on any atom is 0.471 e. The third-order valence-electron chi connectivity index (χ3n) is 14.9. The Balaban J connectivity index is 1.46. The monoisotopic (exact) mass is 1250 g/mol. The largest absolute Gasteiger partial charge is 0.471 e. The predicted molar refractivity (Wildman–Crippen MR) is 310 cm³/mol. The van der Waals surface area contributed by atoms with Gasteiger partial charge >= 0.3 is 36.4 Å². The number of carbonyl (C=O) groups excluding carboxylic acids is 10. The van der Waals surface area contributed by atoms with Crippen molar-refractivity contribution in [1.29, 1.82) is 0 Å². The first-order chi connectivity index (χ1) is 41.0. The number of ether oxygens (including phenoxy) is 2. The Morgan fingerprint density at radius 3 is 1.18 bits per heavy atom. The first-order valence-electron chi connectivity index (χ1n) is 29.4. The lowest BCUT2D eigenvalue weighted by molar-refractivity contribution is -0.186.